The summed E-state index contributed by atoms with van der Waals surface area (Å²) >= 11 is 0. The Morgan fingerprint density at radius 2 is 1.92 bits per heavy atom. The molecule has 2 saturated carbocycles. The van der Waals surface area contributed by atoms with Crippen LogP contribution in [0.1, 0.15) is 51.4 Å². The van der Waals surface area contributed by atoms with E-state index in [9.17, 15) is 4.79 Å². The lowest BCUT2D eigenvalue weighted by Crippen LogP contribution is -2.30. The molecule has 2 fully saturated rings. The lowest BCUT2D eigenvalue weighted by atomic mass is 9.90. The molecule has 0 bridgehead atoms. The van der Waals surface area contributed by atoms with Crippen molar-refractivity contribution in [3.63, 3.8) is 0 Å². The number of amides is 1. The third kappa shape index (κ3) is 6.00. The number of anilines is 1. The normalized spacial score (nSPS) is 22.8. The highest BCUT2D eigenvalue weighted by Crippen LogP contribution is 2.33. The fourth-order valence-electron chi connectivity index (χ4n) is 4.04. The van der Waals surface area contributed by atoms with E-state index in [1.165, 1.54) is 32.1 Å². The molecule has 26 heavy (non-hydrogen) atoms. The standard InChI is InChI=1S/C19H29N3O2.2ClH/c20-12-15-8-4-9-16(15)19(23)22-18-17(10-5-11-21-18)24-13-14-6-2-1-3-7-14;;/h5,10-11,14-16H,1-4,6-9,12-13,20H2,(H,21,22,23);2*1H/t15-,16-;;/m1../s1. The van der Waals surface area contributed by atoms with Crippen molar-refractivity contribution in [3.8, 4) is 5.75 Å². The minimum atomic E-state index is 0. The second-order valence-corrected chi connectivity index (χ2v) is 7.19. The summed E-state index contributed by atoms with van der Waals surface area (Å²) in [4.78, 5) is 16.9. The van der Waals surface area contributed by atoms with E-state index in [-0.39, 0.29) is 36.6 Å². The van der Waals surface area contributed by atoms with Crippen LogP contribution in [0.15, 0.2) is 18.3 Å². The first kappa shape index (κ1) is 23.0. The third-order valence-corrected chi connectivity index (χ3v) is 5.51. The monoisotopic (exact) mass is 403 g/mol. The molecule has 1 aromatic rings. The first-order valence-electron chi connectivity index (χ1n) is 9.36. The van der Waals surface area contributed by atoms with Crippen LogP contribution in [0, 0.1) is 17.8 Å². The highest BCUT2D eigenvalue weighted by Gasteiger charge is 2.32. The van der Waals surface area contributed by atoms with Crippen LogP contribution in [-0.2, 0) is 4.79 Å². The topological polar surface area (TPSA) is 77.2 Å². The number of carbonyl (C=O) groups is 1. The maximum atomic E-state index is 12.6. The van der Waals surface area contributed by atoms with Gasteiger partial charge in [-0.05, 0) is 56.2 Å². The van der Waals surface area contributed by atoms with Crippen molar-refractivity contribution in [2.45, 2.75) is 51.4 Å². The predicted octanol–water partition coefficient (Wildman–Crippen LogP) is 4.20. The Bertz CT molecular complexity index is 553. The van der Waals surface area contributed by atoms with Crippen LogP contribution in [0.5, 0.6) is 5.75 Å². The smallest absolute Gasteiger partial charge is 0.229 e. The van der Waals surface area contributed by atoms with Gasteiger partial charge < -0.3 is 15.8 Å². The number of nitrogens with one attached hydrogen (secondary N) is 1. The number of pyridine rings is 1. The van der Waals surface area contributed by atoms with Crippen LogP contribution < -0.4 is 15.8 Å². The highest BCUT2D eigenvalue weighted by molar-refractivity contribution is 5.93. The van der Waals surface area contributed by atoms with Gasteiger partial charge >= 0.3 is 0 Å². The zero-order chi connectivity index (χ0) is 16.8. The van der Waals surface area contributed by atoms with Gasteiger partial charge in [-0.1, -0.05) is 25.7 Å². The van der Waals surface area contributed by atoms with Crippen molar-refractivity contribution >= 4 is 36.5 Å². The summed E-state index contributed by atoms with van der Waals surface area (Å²) in [6, 6.07) is 3.74. The third-order valence-electron chi connectivity index (χ3n) is 5.51. The van der Waals surface area contributed by atoms with E-state index >= 15 is 0 Å². The summed E-state index contributed by atoms with van der Waals surface area (Å²) in [6.07, 6.45) is 11.1. The Kier molecular flexibility index (Phi) is 10.3. The minimum absolute atomic E-state index is 0. The van der Waals surface area contributed by atoms with E-state index in [0.29, 0.717) is 36.6 Å². The van der Waals surface area contributed by atoms with Crippen molar-refractivity contribution in [1.29, 1.82) is 0 Å². The molecule has 3 rings (SSSR count). The minimum Gasteiger partial charge on any atom is -0.489 e. The maximum Gasteiger partial charge on any atom is 0.229 e. The van der Waals surface area contributed by atoms with E-state index in [4.69, 9.17) is 10.5 Å². The molecule has 148 valence electrons. The quantitative estimate of drug-likeness (QED) is 0.745. The lowest BCUT2D eigenvalue weighted by molar-refractivity contribution is -0.120. The molecule has 1 heterocycles. The summed E-state index contributed by atoms with van der Waals surface area (Å²) in [5.41, 5.74) is 5.80. The number of ether oxygens (including phenoxy) is 1. The van der Waals surface area contributed by atoms with Gasteiger partial charge in [0.25, 0.3) is 0 Å². The molecular weight excluding hydrogens is 373 g/mol. The molecule has 0 aromatic carbocycles. The summed E-state index contributed by atoms with van der Waals surface area (Å²) in [5, 5.41) is 2.97. The SMILES string of the molecule is Cl.Cl.NC[C@H]1CCC[C@H]1C(=O)Nc1ncccc1OCC1CCCCC1. The van der Waals surface area contributed by atoms with E-state index in [1.54, 1.807) is 6.20 Å². The van der Waals surface area contributed by atoms with E-state index in [0.717, 1.165) is 19.3 Å². The molecule has 2 aliphatic carbocycles. The molecule has 7 heteroatoms. The second-order valence-electron chi connectivity index (χ2n) is 7.19. The Morgan fingerprint density at radius 1 is 1.15 bits per heavy atom. The summed E-state index contributed by atoms with van der Waals surface area (Å²) in [6.45, 7) is 1.29. The fourth-order valence-corrected chi connectivity index (χ4v) is 4.04. The predicted molar refractivity (Wildman–Crippen MR) is 109 cm³/mol. The van der Waals surface area contributed by atoms with Crippen LogP contribution in [0.4, 0.5) is 5.82 Å². The number of aromatic nitrogens is 1. The first-order chi connectivity index (χ1) is 11.8. The van der Waals surface area contributed by atoms with E-state index in [1.807, 2.05) is 12.1 Å². The average Bonchev–Trinajstić information content (AvgIpc) is 3.11. The van der Waals surface area contributed by atoms with Crippen LogP contribution in [-0.4, -0.2) is 24.0 Å². The zero-order valence-electron chi connectivity index (χ0n) is 15.2. The van der Waals surface area contributed by atoms with Gasteiger partial charge in [-0.25, -0.2) is 4.98 Å². The molecule has 0 radical (unpaired) electrons. The number of carbonyl (C=O) groups excluding carboxylic acids is 1. The number of nitrogens with two attached hydrogens (primary N) is 1. The van der Waals surface area contributed by atoms with Crippen LogP contribution >= 0.6 is 24.8 Å². The second kappa shape index (κ2) is 11.6. The fraction of sp³-hybridized carbons (Fsp3) is 0.684. The molecule has 0 aliphatic heterocycles. The molecule has 2 aliphatic rings. The van der Waals surface area contributed by atoms with Crippen LogP contribution in [0.3, 0.4) is 0 Å². The van der Waals surface area contributed by atoms with Gasteiger partial charge in [0.1, 0.15) is 0 Å². The van der Waals surface area contributed by atoms with Crippen molar-refractivity contribution < 1.29 is 9.53 Å². The van der Waals surface area contributed by atoms with Gasteiger partial charge in [0.05, 0.1) is 6.61 Å². The summed E-state index contributed by atoms with van der Waals surface area (Å²) in [5.74, 6) is 2.17. The molecule has 0 spiro atoms. The van der Waals surface area contributed by atoms with Gasteiger partial charge in [-0.2, -0.15) is 0 Å². The van der Waals surface area contributed by atoms with Gasteiger partial charge in [0, 0.05) is 12.1 Å². The molecule has 1 aromatic heterocycles. The Hall–Kier alpha value is -1.04. The number of nitrogens with zero attached hydrogens (tertiary/aromatic N) is 1. The number of hydrogen-bond donors (Lipinski definition) is 2. The van der Waals surface area contributed by atoms with Gasteiger partial charge in [-0.3, -0.25) is 4.79 Å². The van der Waals surface area contributed by atoms with E-state index < -0.39 is 0 Å². The van der Waals surface area contributed by atoms with Crippen molar-refractivity contribution in [3.05, 3.63) is 18.3 Å². The number of halogens is 2. The maximum absolute atomic E-state index is 12.6. The number of hydrogen-bond acceptors (Lipinski definition) is 4. The van der Waals surface area contributed by atoms with Gasteiger partial charge in [0.2, 0.25) is 5.91 Å². The van der Waals surface area contributed by atoms with E-state index in [2.05, 4.69) is 10.3 Å². The molecule has 0 unspecified atom stereocenters. The van der Waals surface area contributed by atoms with Crippen molar-refractivity contribution in [2.24, 2.45) is 23.5 Å². The molecular formula is C19H31Cl2N3O2. The Morgan fingerprint density at radius 3 is 2.65 bits per heavy atom. The van der Waals surface area contributed by atoms with Crippen molar-refractivity contribution in [1.82, 2.24) is 4.98 Å². The average molecular weight is 404 g/mol. The molecule has 0 saturated heterocycles. The Labute approximate surface area is 168 Å². The Balaban J connectivity index is 0.00000169. The molecule has 3 N–H and O–H groups in total. The molecule has 5 nitrogen and oxygen atoms in total. The van der Waals surface area contributed by atoms with Gasteiger partial charge in [0.15, 0.2) is 11.6 Å². The molecule has 2 atom stereocenters. The summed E-state index contributed by atoms with van der Waals surface area (Å²) in [7, 11) is 0. The summed E-state index contributed by atoms with van der Waals surface area (Å²) < 4.78 is 5.99. The molecule has 1 amide bonds. The number of rotatable bonds is 6. The zero-order valence-corrected chi connectivity index (χ0v) is 16.8. The van der Waals surface area contributed by atoms with Crippen LogP contribution in [0.25, 0.3) is 0 Å². The van der Waals surface area contributed by atoms with Crippen molar-refractivity contribution in [2.75, 3.05) is 18.5 Å². The van der Waals surface area contributed by atoms with Gasteiger partial charge in [-0.15, -0.1) is 24.8 Å². The largest absolute Gasteiger partial charge is 0.489 e. The first-order valence-corrected chi connectivity index (χ1v) is 9.36. The highest BCUT2D eigenvalue weighted by atomic mass is 35.5. The van der Waals surface area contributed by atoms with Crippen LogP contribution in [0.2, 0.25) is 0 Å². The lowest BCUT2D eigenvalue weighted by Gasteiger charge is -2.22.